The third-order valence-electron chi connectivity index (χ3n) is 4.20. The van der Waals surface area contributed by atoms with Crippen LogP contribution in [0.25, 0.3) is 0 Å². The van der Waals surface area contributed by atoms with Crippen LogP contribution in [-0.4, -0.2) is 32.3 Å². The molecule has 0 saturated heterocycles. The number of rotatable bonds is 4. The minimum Gasteiger partial charge on any atom is -0.480 e. The van der Waals surface area contributed by atoms with E-state index in [4.69, 9.17) is 0 Å². The number of aromatic nitrogens is 2. The average Bonchev–Trinajstić information content (AvgIpc) is 2.94. The van der Waals surface area contributed by atoms with Gasteiger partial charge in [-0.2, -0.15) is 5.10 Å². The number of carbonyl (C=O) groups excluding carboxylic acids is 1. The van der Waals surface area contributed by atoms with Crippen LogP contribution in [0.1, 0.15) is 45.6 Å². The number of amides is 1. The molecule has 0 aliphatic heterocycles. The van der Waals surface area contributed by atoms with Gasteiger partial charge in [-0.15, -0.1) is 0 Å². The van der Waals surface area contributed by atoms with E-state index in [9.17, 15) is 14.7 Å². The molecule has 1 amide bonds. The summed E-state index contributed by atoms with van der Waals surface area (Å²) in [7, 11) is 0. The fraction of sp³-hybridized carbons (Fsp3) is 0.643. The van der Waals surface area contributed by atoms with Crippen LogP contribution in [0.3, 0.4) is 0 Å². The third-order valence-corrected chi connectivity index (χ3v) is 4.20. The first kappa shape index (κ1) is 14.6. The van der Waals surface area contributed by atoms with Gasteiger partial charge in [-0.1, -0.05) is 6.92 Å². The molecule has 1 aliphatic carbocycles. The summed E-state index contributed by atoms with van der Waals surface area (Å²) in [6.45, 7) is 3.82. The molecule has 110 valence electrons. The first-order valence-electron chi connectivity index (χ1n) is 6.99. The molecular weight excluding hydrogens is 258 g/mol. The largest absolute Gasteiger partial charge is 0.480 e. The zero-order valence-corrected chi connectivity index (χ0v) is 11.9. The summed E-state index contributed by atoms with van der Waals surface area (Å²) in [5, 5.41) is 16.3. The highest BCUT2D eigenvalue weighted by atomic mass is 16.4. The molecule has 1 saturated carbocycles. The molecule has 0 aromatic carbocycles. The molecule has 1 aliphatic rings. The molecule has 1 fully saturated rings. The molecule has 2 N–H and O–H groups in total. The second kappa shape index (κ2) is 5.64. The van der Waals surface area contributed by atoms with E-state index < -0.39 is 17.6 Å². The Morgan fingerprint density at radius 2 is 2.10 bits per heavy atom. The maximum atomic E-state index is 12.3. The Morgan fingerprint density at radius 3 is 2.60 bits per heavy atom. The van der Waals surface area contributed by atoms with Crippen molar-refractivity contribution < 1.29 is 14.7 Å². The van der Waals surface area contributed by atoms with Crippen molar-refractivity contribution in [2.75, 3.05) is 0 Å². The van der Waals surface area contributed by atoms with Gasteiger partial charge in [0.15, 0.2) is 0 Å². The normalized spacial score (nSPS) is 27.8. The van der Waals surface area contributed by atoms with Crippen LogP contribution in [0.5, 0.6) is 0 Å². The van der Waals surface area contributed by atoms with Crippen LogP contribution in [0.15, 0.2) is 18.5 Å². The first-order chi connectivity index (χ1) is 9.44. The summed E-state index contributed by atoms with van der Waals surface area (Å²) in [6, 6.07) is 1.22. The van der Waals surface area contributed by atoms with E-state index in [1.165, 1.54) is 4.68 Å². The Morgan fingerprint density at radius 1 is 1.45 bits per heavy atom. The van der Waals surface area contributed by atoms with Gasteiger partial charge in [0.25, 0.3) is 0 Å². The highest BCUT2D eigenvalue weighted by molar-refractivity contribution is 5.88. The Balaban J connectivity index is 2.09. The van der Waals surface area contributed by atoms with Gasteiger partial charge in [0.1, 0.15) is 11.6 Å². The maximum absolute atomic E-state index is 12.3. The Kier molecular flexibility index (Phi) is 4.11. The van der Waals surface area contributed by atoms with Gasteiger partial charge in [-0.3, -0.25) is 9.48 Å². The minimum atomic E-state index is -1.12. The second-order valence-corrected chi connectivity index (χ2v) is 5.72. The number of nitrogens with one attached hydrogen (secondary N) is 1. The first-order valence-corrected chi connectivity index (χ1v) is 6.99. The topological polar surface area (TPSA) is 84.2 Å². The van der Waals surface area contributed by atoms with Gasteiger partial charge in [-0.05, 0) is 44.6 Å². The van der Waals surface area contributed by atoms with Crippen molar-refractivity contribution in [3.8, 4) is 0 Å². The van der Waals surface area contributed by atoms with Crippen molar-refractivity contribution in [1.82, 2.24) is 15.1 Å². The van der Waals surface area contributed by atoms with Crippen molar-refractivity contribution >= 4 is 11.9 Å². The molecule has 1 atom stereocenters. The standard InChI is InChI=1S/C14H21N3O3/c1-10-4-6-14(7-5-10,13(19)20)16-12(18)11(2)17-9-3-8-15-17/h3,8-11H,4-7H2,1-2H3,(H,16,18)(H,19,20). The van der Waals surface area contributed by atoms with Crippen LogP contribution in [0, 0.1) is 5.92 Å². The summed E-state index contributed by atoms with van der Waals surface area (Å²) in [6.07, 6.45) is 5.91. The van der Waals surface area contributed by atoms with E-state index in [2.05, 4.69) is 17.3 Å². The van der Waals surface area contributed by atoms with Crippen LogP contribution in [0.4, 0.5) is 0 Å². The zero-order chi connectivity index (χ0) is 14.8. The van der Waals surface area contributed by atoms with E-state index >= 15 is 0 Å². The Labute approximate surface area is 118 Å². The van der Waals surface area contributed by atoms with Crippen LogP contribution in [0.2, 0.25) is 0 Å². The summed E-state index contributed by atoms with van der Waals surface area (Å²) >= 11 is 0. The highest BCUT2D eigenvalue weighted by Crippen LogP contribution is 2.32. The van der Waals surface area contributed by atoms with Crippen molar-refractivity contribution in [3.63, 3.8) is 0 Å². The van der Waals surface area contributed by atoms with E-state index in [1.807, 2.05) is 0 Å². The van der Waals surface area contributed by atoms with Crippen molar-refractivity contribution in [2.45, 2.75) is 51.1 Å². The zero-order valence-electron chi connectivity index (χ0n) is 11.9. The Hall–Kier alpha value is -1.85. The number of hydrogen-bond donors (Lipinski definition) is 2. The number of aliphatic carboxylic acids is 1. The lowest BCUT2D eigenvalue weighted by atomic mass is 9.77. The predicted molar refractivity (Wildman–Crippen MR) is 73.1 cm³/mol. The molecule has 0 spiro atoms. The highest BCUT2D eigenvalue weighted by Gasteiger charge is 2.43. The quantitative estimate of drug-likeness (QED) is 0.876. The third kappa shape index (κ3) is 2.84. The molecular formula is C14H21N3O3. The molecule has 0 radical (unpaired) electrons. The summed E-state index contributed by atoms with van der Waals surface area (Å²) in [5.74, 6) is -0.723. The van der Waals surface area contributed by atoms with Crippen molar-refractivity contribution in [1.29, 1.82) is 0 Å². The maximum Gasteiger partial charge on any atom is 0.329 e. The van der Waals surface area contributed by atoms with E-state index in [-0.39, 0.29) is 5.91 Å². The van der Waals surface area contributed by atoms with Crippen molar-refractivity contribution in [2.24, 2.45) is 5.92 Å². The van der Waals surface area contributed by atoms with Gasteiger partial charge in [-0.25, -0.2) is 4.79 Å². The molecule has 2 rings (SSSR count). The van der Waals surface area contributed by atoms with E-state index in [1.54, 1.807) is 25.4 Å². The second-order valence-electron chi connectivity index (χ2n) is 5.72. The molecule has 1 aromatic rings. The molecule has 1 aromatic heterocycles. The van der Waals surface area contributed by atoms with Gasteiger partial charge in [0, 0.05) is 12.4 Å². The van der Waals surface area contributed by atoms with E-state index in [0.29, 0.717) is 18.8 Å². The lowest BCUT2D eigenvalue weighted by molar-refractivity contribution is -0.150. The number of carbonyl (C=O) groups is 2. The molecule has 20 heavy (non-hydrogen) atoms. The number of carboxylic acid groups (broad SMARTS) is 1. The smallest absolute Gasteiger partial charge is 0.329 e. The summed E-state index contributed by atoms with van der Waals surface area (Å²) < 4.78 is 1.52. The number of carboxylic acids is 1. The minimum absolute atomic E-state index is 0.300. The Bertz CT molecular complexity index is 476. The molecule has 6 heteroatoms. The fourth-order valence-electron chi connectivity index (χ4n) is 2.62. The van der Waals surface area contributed by atoms with Gasteiger partial charge in [0.05, 0.1) is 0 Å². The molecule has 1 unspecified atom stereocenters. The van der Waals surface area contributed by atoms with Crippen LogP contribution >= 0.6 is 0 Å². The molecule has 0 bridgehead atoms. The summed E-state index contributed by atoms with van der Waals surface area (Å²) in [5.41, 5.74) is -1.12. The lowest BCUT2D eigenvalue weighted by Crippen LogP contribution is -2.57. The lowest BCUT2D eigenvalue weighted by Gasteiger charge is -2.37. The molecule has 6 nitrogen and oxygen atoms in total. The van der Waals surface area contributed by atoms with Crippen molar-refractivity contribution in [3.05, 3.63) is 18.5 Å². The van der Waals surface area contributed by atoms with E-state index in [0.717, 1.165) is 12.8 Å². The SMILES string of the molecule is CC1CCC(NC(=O)C(C)n2cccn2)(C(=O)O)CC1. The van der Waals surface area contributed by atoms with Gasteiger partial charge < -0.3 is 10.4 Å². The number of hydrogen-bond acceptors (Lipinski definition) is 3. The summed E-state index contributed by atoms with van der Waals surface area (Å²) in [4.78, 5) is 23.9. The van der Waals surface area contributed by atoms with Gasteiger partial charge in [0.2, 0.25) is 5.91 Å². The van der Waals surface area contributed by atoms with Crippen LogP contribution < -0.4 is 5.32 Å². The average molecular weight is 279 g/mol. The number of nitrogens with zero attached hydrogens (tertiary/aromatic N) is 2. The fourth-order valence-corrected chi connectivity index (χ4v) is 2.62. The molecule has 1 heterocycles. The monoisotopic (exact) mass is 279 g/mol. The van der Waals surface area contributed by atoms with Gasteiger partial charge >= 0.3 is 5.97 Å². The van der Waals surface area contributed by atoms with Crippen LogP contribution in [-0.2, 0) is 9.59 Å². The predicted octanol–water partition coefficient (Wildman–Crippen LogP) is 1.59.